The number of benzene rings is 1. The van der Waals surface area contributed by atoms with Gasteiger partial charge in [0.15, 0.2) is 10.8 Å². The van der Waals surface area contributed by atoms with Crippen LogP contribution in [0.2, 0.25) is 0 Å². The fraction of sp³-hybridized carbons (Fsp3) is 0.222. The molecule has 0 aliphatic carbocycles. The quantitative estimate of drug-likeness (QED) is 0.756. The van der Waals surface area contributed by atoms with Gasteiger partial charge in [-0.1, -0.05) is 30.3 Å². The summed E-state index contributed by atoms with van der Waals surface area (Å²) < 4.78 is 13.4. The molecule has 26 heavy (non-hydrogen) atoms. The van der Waals surface area contributed by atoms with Crippen LogP contribution in [0.25, 0.3) is 22.5 Å². The van der Waals surface area contributed by atoms with E-state index in [4.69, 9.17) is 5.73 Å². The molecular weight excluding hydrogens is 350 g/mol. The molecule has 8 heteroatoms. The van der Waals surface area contributed by atoms with Crippen LogP contribution in [0, 0.1) is 0 Å². The highest BCUT2D eigenvalue weighted by Crippen LogP contribution is 2.29. The van der Waals surface area contributed by atoms with Gasteiger partial charge in [-0.05, 0) is 19.9 Å². The van der Waals surface area contributed by atoms with Crippen LogP contribution in [0.4, 0.5) is 5.82 Å². The first-order chi connectivity index (χ1) is 12.4. The third kappa shape index (κ3) is 3.28. The molecule has 0 spiro atoms. The fourth-order valence-corrected chi connectivity index (χ4v) is 3.16. The Morgan fingerprint density at radius 2 is 1.77 bits per heavy atom. The molecule has 0 aliphatic heterocycles. The van der Waals surface area contributed by atoms with Gasteiger partial charge in [0.1, 0.15) is 5.69 Å². The van der Waals surface area contributed by atoms with Crippen molar-refractivity contribution in [3.63, 3.8) is 0 Å². The molecule has 7 nitrogen and oxygen atoms in total. The van der Waals surface area contributed by atoms with Gasteiger partial charge in [-0.25, -0.2) is 14.6 Å². The summed E-state index contributed by atoms with van der Waals surface area (Å²) in [6, 6.07) is 10.8. The third-order valence-electron chi connectivity index (χ3n) is 3.82. The average Bonchev–Trinajstić information content (AvgIpc) is 2.62. The van der Waals surface area contributed by atoms with Crippen molar-refractivity contribution in [1.82, 2.24) is 19.7 Å². The average molecular weight is 369 g/mol. The van der Waals surface area contributed by atoms with E-state index in [1.54, 1.807) is 12.3 Å². The summed E-state index contributed by atoms with van der Waals surface area (Å²) in [7, 11) is -1.43. The van der Waals surface area contributed by atoms with Crippen LogP contribution in [0.15, 0.2) is 52.4 Å². The Hall–Kier alpha value is -2.87. The van der Waals surface area contributed by atoms with Crippen LogP contribution in [0.5, 0.6) is 0 Å². The van der Waals surface area contributed by atoms with Gasteiger partial charge in [-0.3, -0.25) is 9.00 Å². The molecule has 1 atom stereocenters. The molecule has 0 bridgehead atoms. The Labute approximate surface area is 153 Å². The minimum atomic E-state index is -1.43. The number of nitrogens with two attached hydrogens (primary N) is 1. The maximum atomic E-state index is 12.9. The predicted molar refractivity (Wildman–Crippen MR) is 102 cm³/mol. The second-order valence-corrected chi connectivity index (χ2v) is 7.31. The lowest BCUT2D eigenvalue weighted by atomic mass is 10.1. The van der Waals surface area contributed by atoms with Crippen molar-refractivity contribution in [3.05, 3.63) is 52.9 Å². The van der Waals surface area contributed by atoms with Crippen molar-refractivity contribution in [2.45, 2.75) is 24.9 Å². The van der Waals surface area contributed by atoms with E-state index in [2.05, 4.69) is 15.1 Å². The number of hydrogen-bond donors (Lipinski definition) is 1. The van der Waals surface area contributed by atoms with Crippen molar-refractivity contribution in [3.8, 4) is 22.5 Å². The van der Waals surface area contributed by atoms with Gasteiger partial charge < -0.3 is 5.73 Å². The van der Waals surface area contributed by atoms with E-state index in [0.717, 1.165) is 5.56 Å². The Morgan fingerprint density at radius 3 is 2.38 bits per heavy atom. The summed E-state index contributed by atoms with van der Waals surface area (Å²) in [6.07, 6.45) is 3.03. The molecule has 0 saturated carbocycles. The van der Waals surface area contributed by atoms with E-state index >= 15 is 0 Å². The molecule has 0 amide bonds. The first-order valence-corrected chi connectivity index (χ1v) is 9.60. The SMILES string of the molecule is CC(C)n1nccc(-c2nc(S(C)=O)c(N)nc2-c2ccccc2)c1=O. The highest BCUT2D eigenvalue weighted by molar-refractivity contribution is 7.84. The molecule has 1 unspecified atom stereocenters. The van der Waals surface area contributed by atoms with E-state index in [9.17, 15) is 9.00 Å². The summed E-state index contributed by atoms with van der Waals surface area (Å²) >= 11 is 0. The number of aromatic nitrogens is 4. The van der Waals surface area contributed by atoms with Gasteiger partial charge in [0, 0.05) is 18.0 Å². The Morgan fingerprint density at radius 1 is 1.08 bits per heavy atom. The molecule has 0 saturated heterocycles. The van der Waals surface area contributed by atoms with E-state index in [1.807, 2.05) is 44.2 Å². The minimum absolute atomic E-state index is 0.0895. The lowest BCUT2D eigenvalue weighted by molar-refractivity contribution is 0.503. The summed E-state index contributed by atoms with van der Waals surface area (Å²) in [6.45, 7) is 3.74. The maximum absolute atomic E-state index is 12.9. The van der Waals surface area contributed by atoms with Crippen molar-refractivity contribution in [1.29, 1.82) is 0 Å². The Bertz CT molecular complexity index is 1030. The van der Waals surface area contributed by atoms with Crippen molar-refractivity contribution < 1.29 is 4.21 Å². The van der Waals surface area contributed by atoms with Gasteiger partial charge in [0.2, 0.25) is 0 Å². The standard InChI is InChI=1S/C18H19N5O2S/c1-11(2)23-18(24)13(9-10-20-23)15-14(12-7-5-4-6-8-12)21-16(19)17(22-15)26(3)25/h4-11H,1-3H3,(H2,19,21). The number of hydrogen-bond acceptors (Lipinski definition) is 6. The van der Waals surface area contributed by atoms with Crippen LogP contribution in [-0.4, -0.2) is 30.2 Å². The molecule has 2 N–H and O–H groups in total. The zero-order valence-corrected chi connectivity index (χ0v) is 15.5. The third-order valence-corrected chi connectivity index (χ3v) is 4.67. The zero-order valence-electron chi connectivity index (χ0n) is 14.7. The summed E-state index contributed by atoms with van der Waals surface area (Å²) in [5.74, 6) is 0.0895. The molecule has 0 aliphatic rings. The number of rotatable bonds is 4. The molecule has 134 valence electrons. The molecule has 1 aromatic carbocycles. The Balaban J connectivity index is 2.36. The van der Waals surface area contributed by atoms with Crippen LogP contribution >= 0.6 is 0 Å². The molecule has 3 rings (SSSR count). The summed E-state index contributed by atoms with van der Waals surface area (Å²) in [5.41, 5.74) is 7.59. The summed E-state index contributed by atoms with van der Waals surface area (Å²) in [4.78, 5) is 21.7. The number of nitrogen functional groups attached to an aromatic ring is 1. The molecule has 0 fully saturated rings. The largest absolute Gasteiger partial charge is 0.381 e. The highest BCUT2D eigenvalue weighted by atomic mass is 32.2. The molecular formula is C18H19N5O2S. The van der Waals surface area contributed by atoms with Gasteiger partial charge in [0.05, 0.1) is 28.1 Å². The van der Waals surface area contributed by atoms with Crippen LogP contribution < -0.4 is 11.3 Å². The fourth-order valence-electron chi connectivity index (χ4n) is 2.60. The second-order valence-electron chi connectivity index (χ2n) is 6.02. The molecule has 0 radical (unpaired) electrons. The van der Waals surface area contributed by atoms with Gasteiger partial charge >= 0.3 is 0 Å². The monoisotopic (exact) mass is 369 g/mol. The number of anilines is 1. The van der Waals surface area contributed by atoms with Crippen molar-refractivity contribution in [2.75, 3.05) is 12.0 Å². The van der Waals surface area contributed by atoms with E-state index in [0.29, 0.717) is 17.0 Å². The smallest absolute Gasteiger partial charge is 0.276 e. The number of nitrogens with zero attached hydrogens (tertiary/aromatic N) is 4. The maximum Gasteiger partial charge on any atom is 0.276 e. The van der Waals surface area contributed by atoms with E-state index in [-0.39, 0.29) is 22.4 Å². The van der Waals surface area contributed by atoms with Gasteiger partial charge in [-0.2, -0.15) is 5.10 Å². The first kappa shape index (κ1) is 17.9. The van der Waals surface area contributed by atoms with Gasteiger partial charge in [-0.15, -0.1) is 0 Å². The van der Waals surface area contributed by atoms with Crippen molar-refractivity contribution >= 4 is 16.6 Å². The molecule has 2 aromatic heterocycles. The van der Waals surface area contributed by atoms with Crippen LogP contribution in [0.1, 0.15) is 19.9 Å². The zero-order chi connectivity index (χ0) is 18.8. The van der Waals surface area contributed by atoms with Gasteiger partial charge in [0.25, 0.3) is 5.56 Å². The Kier molecular flexibility index (Phi) is 4.94. The predicted octanol–water partition coefficient (Wildman–Crippen LogP) is 2.27. The van der Waals surface area contributed by atoms with Crippen LogP contribution in [0.3, 0.4) is 0 Å². The first-order valence-electron chi connectivity index (χ1n) is 8.04. The minimum Gasteiger partial charge on any atom is -0.381 e. The van der Waals surface area contributed by atoms with E-state index < -0.39 is 10.8 Å². The lowest BCUT2D eigenvalue weighted by Gasteiger charge is -2.13. The second kappa shape index (κ2) is 7.17. The van der Waals surface area contributed by atoms with Crippen molar-refractivity contribution in [2.24, 2.45) is 0 Å². The van der Waals surface area contributed by atoms with Crippen LogP contribution in [-0.2, 0) is 10.8 Å². The lowest BCUT2D eigenvalue weighted by Crippen LogP contribution is -2.26. The molecule has 2 heterocycles. The topological polar surface area (TPSA) is 104 Å². The normalized spacial score (nSPS) is 12.3. The molecule has 3 aromatic rings. The summed E-state index contributed by atoms with van der Waals surface area (Å²) in [5, 5.41) is 4.27. The van der Waals surface area contributed by atoms with E-state index in [1.165, 1.54) is 10.9 Å². The highest BCUT2D eigenvalue weighted by Gasteiger charge is 2.20.